The largest absolute Gasteiger partial charge is 0.469 e. The summed E-state index contributed by atoms with van der Waals surface area (Å²) in [5.74, 6) is -0.0927. The van der Waals surface area contributed by atoms with Crippen LogP contribution in [0.15, 0.2) is 0 Å². The Bertz CT molecular complexity index is 256. The maximum absolute atomic E-state index is 10.9. The Kier molecular flexibility index (Phi) is 17.3. The van der Waals surface area contributed by atoms with Gasteiger partial charge in [0.15, 0.2) is 0 Å². The van der Waals surface area contributed by atoms with E-state index in [2.05, 4.69) is 16.5 Å². The van der Waals surface area contributed by atoms with Crippen LogP contribution in [0.25, 0.3) is 0 Å². The number of ether oxygens (including phenoxy) is 1. The third-order valence-corrected chi connectivity index (χ3v) is 4.41. The summed E-state index contributed by atoms with van der Waals surface area (Å²) in [6.45, 7) is 2.19. The molecule has 0 aromatic rings. The first kappa shape index (κ1) is 22.4. The molecule has 0 spiro atoms. The Balaban J connectivity index is 3.24. The van der Waals surface area contributed by atoms with Gasteiger partial charge in [-0.2, -0.15) is 0 Å². The first-order valence-electron chi connectivity index (χ1n) is 9.61. The molecule has 0 radical (unpaired) electrons. The van der Waals surface area contributed by atoms with Gasteiger partial charge in [-0.1, -0.05) is 77.6 Å². The Morgan fingerprint density at radius 3 is 1.78 bits per heavy atom. The molecular weight excluding hydrogens is 292 g/mol. The second kappa shape index (κ2) is 17.7. The molecule has 0 aliphatic rings. The minimum absolute atomic E-state index is 0.0383. The van der Waals surface area contributed by atoms with E-state index in [0.717, 1.165) is 38.5 Å². The van der Waals surface area contributed by atoms with Gasteiger partial charge >= 0.3 is 5.97 Å². The van der Waals surface area contributed by atoms with Crippen LogP contribution in [0.3, 0.4) is 0 Å². The molecule has 23 heavy (non-hydrogen) atoms. The summed E-state index contributed by atoms with van der Waals surface area (Å²) in [6, 6.07) is 0. The fourth-order valence-electron chi connectivity index (χ4n) is 2.85. The topological polar surface area (TPSA) is 55.8 Å². The molecule has 0 aliphatic carbocycles. The van der Waals surface area contributed by atoms with Crippen molar-refractivity contribution in [1.29, 1.82) is 0 Å². The molecule has 0 rings (SSSR count). The van der Waals surface area contributed by atoms with Crippen molar-refractivity contribution in [1.82, 2.24) is 0 Å². The second-order valence-electron chi connectivity index (χ2n) is 6.52. The lowest BCUT2D eigenvalue weighted by molar-refractivity contribution is -0.281. The quantitative estimate of drug-likeness (QED) is 0.156. The number of hydrogen-bond donors (Lipinski definition) is 1. The Morgan fingerprint density at radius 2 is 1.30 bits per heavy atom. The Labute approximate surface area is 142 Å². The first-order chi connectivity index (χ1) is 11.2. The predicted octanol–water partition coefficient (Wildman–Crippen LogP) is 5.89. The third-order valence-electron chi connectivity index (χ3n) is 4.41. The van der Waals surface area contributed by atoms with E-state index < -0.39 is 0 Å². The molecule has 0 aliphatic heterocycles. The maximum atomic E-state index is 10.9. The fourth-order valence-corrected chi connectivity index (χ4v) is 2.85. The number of carbonyl (C=O) groups is 1. The van der Waals surface area contributed by atoms with E-state index in [4.69, 9.17) is 5.26 Å². The standard InChI is InChI=1S/C19H38O4/c1-3-4-12-15-18(23-21)16-13-10-8-6-5-7-9-11-14-17-19(20)22-2/h18,21H,3-17H2,1-2H3/t18-/m0/s1. The van der Waals surface area contributed by atoms with Crippen LogP contribution in [0, 0.1) is 0 Å². The van der Waals surface area contributed by atoms with Crippen molar-refractivity contribution in [3.8, 4) is 0 Å². The minimum Gasteiger partial charge on any atom is -0.469 e. The highest BCUT2D eigenvalue weighted by molar-refractivity contribution is 5.68. The van der Waals surface area contributed by atoms with Crippen LogP contribution >= 0.6 is 0 Å². The summed E-state index contributed by atoms with van der Waals surface area (Å²) in [5, 5.41) is 8.89. The van der Waals surface area contributed by atoms with E-state index in [-0.39, 0.29) is 12.1 Å². The summed E-state index contributed by atoms with van der Waals surface area (Å²) < 4.78 is 4.62. The zero-order chi connectivity index (χ0) is 17.2. The highest BCUT2D eigenvalue weighted by atomic mass is 17.1. The van der Waals surface area contributed by atoms with Crippen LogP contribution in [0.1, 0.15) is 103 Å². The van der Waals surface area contributed by atoms with E-state index in [9.17, 15) is 4.79 Å². The summed E-state index contributed by atoms with van der Waals surface area (Å²) in [4.78, 5) is 15.5. The summed E-state index contributed by atoms with van der Waals surface area (Å²) in [7, 11) is 1.45. The lowest BCUT2D eigenvalue weighted by Gasteiger charge is -2.12. The molecule has 4 nitrogen and oxygen atoms in total. The van der Waals surface area contributed by atoms with E-state index >= 15 is 0 Å². The zero-order valence-electron chi connectivity index (χ0n) is 15.4. The molecule has 0 saturated carbocycles. The molecule has 0 aromatic carbocycles. The molecule has 0 amide bonds. The minimum atomic E-state index is -0.0927. The smallest absolute Gasteiger partial charge is 0.305 e. The van der Waals surface area contributed by atoms with Gasteiger partial charge in [-0.3, -0.25) is 10.1 Å². The third kappa shape index (κ3) is 16.0. The molecule has 0 unspecified atom stereocenters. The highest BCUT2D eigenvalue weighted by Gasteiger charge is 2.08. The summed E-state index contributed by atoms with van der Waals surface area (Å²) in [6.07, 6.45) is 16.9. The van der Waals surface area contributed by atoms with E-state index in [1.54, 1.807) is 0 Å². The van der Waals surface area contributed by atoms with E-state index in [0.29, 0.717) is 6.42 Å². The zero-order valence-corrected chi connectivity index (χ0v) is 15.4. The second-order valence-corrected chi connectivity index (χ2v) is 6.52. The molecule has 0 bridgehead atoms. The van der Waals surface area contributed by atoms with Crippen LogP contribution in [0.4, 0.5) is 0 Å². The molecule has 0 saturated heterocycles. The number of carbonyl (C=O) groups excluding carboxylic acids is 1. The summed E-state index contributed by atoms with van der Waals surface area (Å²) >= 11 is 0. The van der Waals surface area contributed by atoms with Crippen molar-refractivity contribution in [2.24, 2.45) is 0 Å². The SMILES string of the molecule is CCCCC[C@@H](CCCCCCCCCCCC(=O)OC)OO. The van der Waals surface area contributed by atoms with Gasteiger partial charge < -0.3 is 4.74 Å². The van der Waals surface area contributed by atoms with Crippen LogP contribution in [-0.2, 0) is 14.4 Å². The van der Waals surface area contributed by atoms with Gasteiger partial charge in [-0.15, -0.1) is 0 Å². The molecule has 1 N–H and O–H groups in total. The van der Waals surface area contributed by atoms with Gasteiger partial charge in [0.05, 0.1) is 13.2 Å². The molecule has 138 valence electrons. The number of rotatable bonds is 17. The molecule has 0 aromatic heterocycles. The van der Waals surface area contributed by atoms with Crippen molar-refractivity contribution < 1.29 is 19.7 Å². The van der Waals surface area contributed by atoms with Crippen molar-refractivity contribution in [2.45, 2.75) is 109 Å². The summed E-state index contributed by atoms with van der Waals surface area (Å²) in [5.41, 5.74) is 0. The van der Waals surface area contributed by atoms with Gasteiger partial charge in [0.25, 0.3) is 0 Å². The number of unbranched alkanes of at least 4 members (excludes halogenated alkanes) is 10. The van der Waals surface area contributed by atoms with Crippen molar-refractivity contribution >= 4 is 5.97 Å². The van der Waals surface area contributed by atoms with E-state index in [1.165, 1.54) is 58.5 Å². The van der Waals surface area contributed by atoms with Crippen molar-refractivity contribution in [3.63, 3.8) is 0 Å². The van der Waals surface area contributed by atoms with Crippen molar-refractivity contribution in [2.75, 3.05) is 7.11 Å². The van der Waals surface area contributed by atoms with Gasteiger partial charge in [0.1, 0.15) is 0 Å². The monoisotopic (exact) mass is 330 g/mol. The average Bonchev–Trinajstić information content (AvgIpc) is 2.57. The molecular formula is C19H38O4. The van der Waals surface area contributed by atoms with Gasteiger partial charge in [-0.25, -0.2) is 4.89 Å². The van der Waals surface area contributed by atoms with Crippen LogP contribution < -0.4 is 0 Å². The Morgan fingerprint density at radius 1 is 0.826 bits per heavy atom. The highest BCUT2D eigenvalue weighted by Crippen LogP contribution is 2.15. The lowest BCUT2D eigenvalue weighted by Crippen LogP contribution is -2.10. The van der Waals surface area contributed by atoms with Crippen LogP contribution in [0.5, 0.6) is 0 Å². The normalized spacial score (nSPS) is 12.3. The number of esters is 1. The number of methoxy groups -OCH3 is 1. The maximum Gasteiger partial charge on any atom is 0.305 e. The van der Waals surface area contributed by atoms with Gasteiger partial charge in [-0.05, 0) is 19.3 Å². The lowest BCUT2D eigenvalue weighted by atomic mass is 10.0. The average molecular weight is 331 g/mol. The van der Waals surface area contributed by atoms with E-state index in [1.807, 2.05) is 0 Å². The van der Waals surface area contributed by atoms with Crippen LogP contribution in [-0.4, -0.2) is 24.4 Å². The Hall–Kier alpha value is -0.610. The molecule has 0 fully saturated rings. The van der Waals surface area contributed by atoms with Gasteiger partial charge in [0, 0.05) is 6.42 Å². The first-order valence-corrected chi connectivity index (χ1v) is 9.61. The predicted molar refractivity (Wildman–Crippen MR) is 94.4 cm³/mol. The molecule has 0 heterocycles. The molecule has 4 heteroatoms. The fraction of sp³-hybridized carbons (Fsp3) is 0.947. The van der Waals surface area contributed by atoms with Crippen molar-refractivity contribution in [3.05, 3.63) is 0 Å². The van der Waals surface area contributed by atoms with Gasteiger partial charge in [0.2, 0.25) is 0 Å². The molecule has 1 atom stereocenters. The van der Waals surface area contributed by atoms with Crippen LogP contribution in [0.2, 0.25) is 0 Å². The number of hydrogen-bond acceptors (Lipinski definition) is 4.